The number of Topliss-reactive ketones (excluding diaryl/α,β-unsaturated/α-hetero) is 1. The number of aryl methyl sites for hydroxylation is 1. The number of hydrogen-bond donors (Lipinski definition) is 0. The minimum Gasteiger partial charge on any atom is -0.376 e. The summed E-state index contributed by atoms with van der Waals surface area (Å²) in [6, 6.07) is 28.2. The normalized spacial score (nSPS) is 17.6. The lowest BCUT2D eigenvalue weighted by Crippen LogP contribution is -2.46. The predicted octanol–water partition coefficient (Wildman–Crippen LogP) is 3.90. The fourth-order valence-electron chi connectivity index (χ4n) is 4.98. The van der Waals surface area contributed by atoms with E-state index in [2.05, 4.69) is 12.1 Å². The first-order chi connectivity index (χ1) is 18.8. The molecule has 0 bridgehead atoms. The number of carbonyl (C=O) groups is 2. The van der Waals surface area contributed by atoms with Crippen LogP contribution in [0.25, 0.3) is 0 Å². The number of sulfonamides is 1. The quantitative estimate of drug-likeness (QED) is 0.321. The first-order valence-electron chi connectivity index (χ1n) is 13.2. The van der Waals surface area contributed by atoms with Crippen LogP contribution in [-0.2, 0) is 30.8 Å². The predicted molar refractivity (Wildman–Crippen MR) is 152 cm³/mol. The molecule has 1 aliphatic heterocycles. The second kappa shape index (κ2) is 13.2. The highest BCUT2D eigenvalue weighted by atomic mass is 32.2. The molecule has 0 radical (unpaired) electrons. The summed E-state index contributed by atoms with van der Waals surface area (Å²) in [5.41, 5.74) is 2.85. The van der Waals surface area contributed by atoms with Gasteiger partial charge < -0.3 is 9.64 Å². The average molecular weight is 549 g/mol. The highest BCUT2D eigenvalue weighted by Crippen LogP contribution is 2.32. The summed E-state index contributed by atoms with van der Waals surface area (Å²) >= 11 is 0. The van der Waals surface area contributed by atoms with Gasteiger partial charge in [0.05, 0.1) is 18.1 Å². The Hall–Kier alpha value is -3.33. The van der Waals surface area contributed by atoms with Gasteiger partial charge >= 0.3 is 0 Å². The van der Waals surface area contributed by atoms with Crippen molar-refractivity contribution in [2.24, 2.45) is 0 Å². The SMILES string of the molecule is CN(C)S(=O)(=O)CC(=O)[C@@H]1C[C@H](OCCCc2ccccc2)CN1C(=O)C(c1ccccc1)c1ccccc1. The molecule has 7 nitrogen and oxygen atoms in total. The van der Waals surface area contributed by atoms with Crippen LogP contribution in [-0.4, -0.2) is 74.5 Å². The number of hydrogen-bond acceptors (Lipinski definition) is 5. The van der Waals surface area contributed by atoms with Crippen molar-refractivity contribution in [2.45, 2.75) is 37.3 Å². The molecule has 1 heterocycles. The molecule has 39 heavy (non-hydrogen) atoms. The molecule has 0 spiro atoms. The van der Waals surface area contributed by atoms with Crippen molar-refractivity contribution in [3.05, 3.63) is 108 Å². The van der Waals surface area contributed by atoms with Crippen molar-refractivity contribution < 1.29 is 22.7 Å². The van der Waals surface area contributed by atoms with Crippen LogP contribution in [0.15, 0.2) is 91.0 Å². The standard InChI is InChI=1S/C31H36N2O5S/c1-32(2)39(36,37)23-29(34)28-21-27(38-20-12-15-24-13-6-3-7-14-24)22-33(28)31(35)30(25-16-8-4-9-17-25)26-18-10-5-11-19-26/h3-11,13-14,16-19,27-28,30H,12,15,20-23H2,1-2H3/t27-,28-/m0/s1. The largest absolute Gasteiger partial charge is 0.376 e. The van der Waals surface area contributed by atoms with Gasteiger partial charge in [0.25, 0.3) is 0 Å². The average Bonchev–Trinajstić information content (AvgIpc) is 3.37. The van der Waals surface area contributed by atoms with Gasteiger partial charge in [0.1, 0.15) is 5.75 Å². The zero-order valence-electron chi connectivity index (χ0n) is 22.5. The molecule has 1 saturated heterocycles. The Morgan fingerprint density at radius 3 is 1.97 bits per heavy atom. The van der Waals surface area contributed by atoms with Gasteiger partial charge in [-0.15, -0.1) is 0 Å². The number of rotatable bonds is 12. The van der Waals surface area contributed by atoms with E-state index in [1.54, 1.807) is 4.90 Å². The second-order valence-corrected chi connectivity index (χ2v) is 12.3. The second-order valence-electron chi connectivity index (χ2n) is 10.1. The number of amides is 1. The summed E-state index contributed by atoms with van der Waals surface area (Å²) in [6.45, 7) is 0.720. The van der Waals surface area contributed by atoms with Crippen LogP contribution in [0.5, 0.6) is 0 Å². The third-order valence-electron chi connectivity index (χ3n) is 7.12. The van der Waals surface area contributed by atoms with Crippen molar-refractivity contribution in [3.8, 4) is 0 Å². The van der Waals surface area contributed by atoms with Gasteiger partial charge in [-0.25, -0.2) is 12.7 Å². The van der Waals surface area contributed by atoms with E-state index >= 15 is 0 Å². The Balaban J connectivity index is 1.55. The monoisotopic (exact) mass is 548 g/mol. The minimum atomic E-state index is -3.77. The lowest BCUT2D eigenvalue weighted by Gasteiger charge is -2.29. The molecule has 4 rings (SSSR count). The van der Waals surface area contributed by atoms with E-state index in [1.165, 1.54) is 19.7 Å². The van der Waals surface area contributed by atoms with Crippen LogP contribution < -0.4 is 0 Å². The molecule has 206 valence electrons. The fourth-order valence-corrected chi connectivity index (χ4v) is 5.79. The van der Waals surface area contributed by atoms with E-state index in [9.17, 15) is 18.0 Å². The molecule has 0 aliphatic carbocycles. The number of carbonyl (C=O) groups excluding carboxylic acids is 2. The van der Waals surface area contributed by atoms with Crippen LogP contribution >= 0.6 is 0 Å². The molecule has 1 fully saturated rings. The van der Waals surface area contributed by atoms with E-state index in [0.717, 1.165) is 28.3 Å². The molecular formula is C31H36N2O5S. The molecule has 0 N–H and O–H groups in total. The van der Waals surface area contributed by atoms with Crippen molar-refractivity contribution in [2.75, 3.05) is 33.0 Å². The van der Waals surface area contributed by atoms with Gasteiger partial charge in [-0.3, -0.25) is 9.59 Å². The summed E-state index contributed by atoms with van der Waals surface area (Å²) in [6.07, 6.45) is 1.59. The number of ketones is 1. The number of nitrogens with zero attached hydrogens (tertiary/aromatic N) is 2. The topological polar surface area (TPSA) is 84.0 Å². The molecule has 3 aromatic rings. The summed E-state index contributed by atoms with van der Waals surface area (Å²) in [5, 5.41) is 0. The Bertz CT molecular complexity index is 1290. The number of benzene rings is 3. The van der Waals surface area contributed by atoms with Crippen LogP contribution in [0.4, 0.5) is 0 Å². The maximum Gasteiger partial charge on any atom is 0.235 e. The van der Waals surface area contributed by atoms with Crippen molar-refractivity contribution in [1.29, 1.82) is 0 Å². The molecule has 3 aromatic carbocycles. The third kappa shape index (κ3) is 7.41. The summed E-state index contributed by atoms with van der Waals surface area (Å²) in [5.74, 6) is -2.00. The highest BCUT2D eigenvalue weighted by molar-refractivity contribution is 7.89. The maximum atomic E-state index is 14.2. The van der Waals surface area contributed by atoms with E-state index in [4.69, 9.17) is 4.74 Å². The van der Waals surface area contributed by atoms with Crippen molar-refractivity contribution >= 4 is 21.7 Å². The fraction of sp³-hybridized carbons (Fsp3) is 0.355. The maximum absolute atomic E-state index is 14.2. The third-order valence-corrected chi connectivity index (χ3v) is 8.88. The Morgan fingerprint density at radius 2 is 1.44 bits per heavy atom. The number of likely N-dealkylation sites (tertiary alicyclic amines) is 1. The van der Waals surface area contributed by atoms with Crippen LogP contribution in [0.3, 0.4) is 0 Å². The molecule has 0 unspecified atom stereocenters. The molecule has 1 amide bonds. The lowest BCUT2D eigenvalue weighted by molar-refractivity contribution is -0.137. The van der Waals surface area contributed by atoms with E-state index in [0.29, 0.717) is 6.61 Å². The van der Waals surface area contributed by atoms with Crippen LogP contribution in [0, 0.1) is 0 Å². The van der Waals surface area contributed by atoms with Gasteiger partial charge in [-0.2, -0.15) is 0 Å². The highest BCUT2D eigenvalue weighted by Gasteiger charge is 2.43. The summed E-state index contributed by atoms with van der Waals surface area (Å²) in [7, 11) is -0.968. The first kappa shape index (κ1) is 28.7. The van der Waals surface area contributed by atoms with Crippen molar-refractivity contribution in [3.63, 3.8) is 0 Å². The van der Waals surface area contributed by atoms with Gasteiger partial charge in [0.2, 0.25) is 15.9 Å². The van der Waals surface area contributed by atoms with Gasteiger partial charge in [-0.05, 0) is 29.5 Å². The zero-order chi connectivity index (χ0) is 27.8. The summed E-state index contributed by atoms with van der Waals surface area (Å²) in [4.78, 5) is 29.1. The van der Waals surface area contributed by atoms with E-state index < -0.39 is 33.5 Å². The van der Waals surface area contributed by atoms with Crippen molar-refractivity contribution in [1.82, 2.24) is 9.21 Å². The first-order valence-corrected chi connectivity index (χ1v) is 14.9. The number of ether oxygens (including phenoxy) is 1. The van der Waals surface area contributed by atoms with Gasteiger partial charge in [0, 0.05) is 33.7 Å². The summed E-state index contributed by atoms with van der Waals surface area (Å²) < 4.78 is 32.3. The smallest absolute Gasteiger partial charge is 0.235 e. The molecule has 1 aliphatic rings. The molecule has 8 heteroatoms. The molecule has 0 aromatic heterocycles. The molecule has 0 saturated carbocycles. The Labute approximate surface area is 231 Å². The van der Waals surface area contributed by atoms with Crippen LogP contribution in [0.1, 0.15) is 35.4 Å². The zero-order valence-corrected chi connectivity index (χ0v) is 23.3. The van der Waals surface area contributed by atoms with E-state index in [-0.39, 0.29) is 25.0 Å². The molecular weight excluding hydrogens is 512 g/mol. The minimum absolute atomic E-state index is 0.233. The van der Waals surface area contributed by atoms with Crippen LogP contribution in [0.2, 0.25) is 0 Å². The molecule has 2 atom stereocenters. The van der Waals surface area contributed by atoms with Gasteiger partial charge in [0.15, 0.2) is 5.78 Å². The Morgan fingerprint density at radius 1 is 0.897 bits per heavy atom. The Kier molecular flexibility index (Phi) is 9.67. The van der Waals surface area contributed by atoms with Gasteiger partial charge in [-0.1, -0.05) is 91.0 Å². The lowest BCUT2D eigenvalue weighted by atomic mass is 9.89. The van der Waals surface area contributed by atoms with E-state index in [1.807, 2.05) is 78.9 Å².